The Morgan fingerprint density at radius 1 is 1.37 bits per heavy atom. The summed E-state index contributed by atoms with van der Waals surface area (Å²) >= 11 is 3.21. The molecular weight excluding hydrogens is 312 g/mol. The van der Waals surface area contributed by atoms with E-state index in [0.29, 0.717) is 23.0 Å². The van der Waals surface area contributed by atoms with E-state index in [1.54, 1.807) is 6.07 Å². The van der Waals surface area contributed by atoms with Crippen LogP contribution in [0.15, 0.2) is 22.7 Å². The molecule has 1 rings (SSSR count). The molecule has 0 radical (unpaired) electrons. The quantitative estimate of drug-likeness (QED) is 0.774. The number of nitrogens with one attached hydrogen (secondary N) is 1. The number of hydrogen-bond donors (Lipinski definition) is 3. The van der Waals surface area contributed by atoms with Crippen molar-refractivity contribution in [2.75, 3.05) is 5.32 Å². The van der Waals surface area contributed by atoms with E-state index >= 15 is 0 Å². The molecule has 0 aliphatic carbocycles. The summed E-state index contributed by atoms with van der Waals surface area (Å²) in [7, 11) is 0. The lowest BCUT2D eigenvalue weighted by atomic mass is 10.00. The van der Waals surface area contributed by atoms with Gasteiger partial charge in [-0.3, -0.25) is 4.79 Å². The molecule has 0 aliphatic heterocycles. The van der Waals surface area contributed by atoms with Gasteiger partial charge in [0.25, 0.3) is 0 Å². The summed E-state index contributed by atoms with van der Waals surface area (Å²) in [6.45, 7) is 3.70. The molecule has 0 atom stereocenters. The molecule has 0 bridgehead atoms. The van der Waals surface area contributed by atoms with E-state index in [4.69, 9.17) is 10.8 Å². The van der Waals surface area contributed by atoms with E-state index in [2.05, 4.69) is 21.2 Å². The zero-order valence-electron chi connectivity index (χ0n) is 10.9. The van der Waals surface area contributed by atoms with Crippen molar-refractivity contribution in [1.29, 1.82) is 0 Å². The Morgan fingerprint density at radius 3 is 2.53 bits per heavy atom. The number of carboxylic acids is 1. The molecule has 19 heavy (non-hydrogen) atoms. The van der Waals surface area contributed by atoms with Crippen LogP contribution in [0.2, 0.25) is 0 Å². The first-order valence-electron chi connectivity index (χ1n) is 5.80. The Kier molecular flexibility index (Phi) is 5.08. The van der Waals surface area contributed by atoms with Gasteiger partial charge in [0.05, 0.1) is 5.56 Å². The molecule has 1 aromatic rings. The standard InChI is InChI=1S/C13H17BrN2O3/c1-13(2,15)4-3-11(17)16-10-6-8(12(18)19)5-9(14)7-10/h5-7H,3-4,15H2,1-2H3,(H,16,17)(H,18,19). The highest BCUT2D eigenvalue weighted by atomic mass is 79.9. The molecule has 0 aliphatic rings. The number of aromatic carboxylic acids is 1. The van der Waals surface area contributed by atoms with Gasteiger partial charge in [0.1, 0.15) is 0 Å². The van der Waals surface area contributed by atoms with Crippen molar-refractivity contribution in [3.63, 3.8) is 0 Å². The van der Waals surface area contributed by atoms with Crippen LogP contribution in [-0.2, 0) is 4.79 Å². The second-order valence-corrected chi connectivity index (χ2v) is 5.99. The third kappa shape index (κ3) is 5.85. The van der Waals surface area contributed by atoms with Gasteiger partial charge >= 0.3 is 5.97 Å². The molecule has 5 nitrogen and oxygen atoms in total. The van der Waals surface area contributed by atoms with E-state index in [9.17, 15) is 9.59 Å². The number of carbonyl (C=O) groups excluding carboxylic acids is 1. The van der Waals surface area contributed by atoms with E-state index < -0.39 is 11.5 Å². The van der Waals surface area contributed by atoms with Gasteiger partial charge in [-0.05, 0) is 38.5 Å². The summed E-state index contributed by atoms with van der Waals surface area (Å²) in [6.07, 6.45) is 0.844. The van der Waals surface area contributed by atoms with Crippen molar-refractivity contribution in [3.05, 3.63) is 28.2 Å². The third-order valence-corrected chi connectivity index (χ3v) is 2.88. The lowest BCUT2D eigenvalue weighted by Gasteiger charge is -2.17. The van der Waals surface area contributed by atoms with Crippen molar-refractivity contribution < 1.29 is 14.7 Å². The molecule has 0 saturated carbocycles. The third-order valence-electron chi connectivity index (χ3n) is 2.42. The number of anilines is 1. The highest BCUT2D eigenvalue weighted by Crippen LogP contribution is 2.20. The first-order chi connectivity index (χ1) is 8.67. The van der Waals surface area contributed by atoms with Crippen LogP contribution in [-0.4, -0.2) is 22.5 Å². The minimum Gasteiger partial charge on any atom is -0.478 e. The van der Waals surface area contributed by atoms with E-state index in [1.807, 2.05) is 13.8 Å². The van der Waals surface area contributed by atoms with Crippen molar-refractivity contribution in [2.24, 2.45) is 5.73 Å². The predicted molar refractivity (Wildman–Crippen MR) is 77.2 cm³/mol. The molecule has 104 valence electrons. The van der Waals surface area contributed by atoms with Crippen molar-refractivity contribution in [2.45, 2.75) is 32.2 Å². The molecular formula is C13H17BrN2O3. The van der Waals surface area contributed by atoms with Gasteiger partial charge in [0.15, 0.2) is 0 Å². The highest BCUT2D eigenvalue weighted by molar-refractivity contribution is 9.10. The normalized spacial score (nSPS) is 11.2. The van der Waals surface area contributed by atoms with Gasteiger partial charge in [-0.1, -0.05) is 15.9 Å². The Morgan fingerprint density at radius 2 is 2.00 bits per heavy atom. The number of nitrogens with two attached hydrogens (primary N) is 1. The van der Waals surface area contributed by atoms with Crippen molar-refractivity contribution >= 4 is 33.5 Å². The number of carbonyl (C=O) groups is 2. The lowest BCUT2D eigenvalue weighted by Crippen LogP contribution is -2.33. The minimum absolute atomic E-state index is 0.115. The predicted octanol–water partition coefficient (Wildman–Crippen LogP) is 2.60. The first kappa shape index (κ1) is 15.7. The topological polar surface area (TPSA) is 92.4 Å². The summed E-state index contributed by atoms with van der Waals surface area (Å²) in [6, 6.07) is 4.54. The number of rotatable bonds is 5. The van der Waals surface area contributed by atoms with Crippen LogP contribution in [0, 0.1) is 0 Å². The maximum absolute atomic E-state index is 11.7. The molecule has 0 fully saturated rings. The molecule has 0 spiro atoms. The number of amides is 1. The van der Waals surface area contributed by atoms with Crippen molar-refractivity contribution in [3.8, 4) is 0 Å². The summed E-state index contributed by atoms with van der Waals surface area (Å²) < 4.78 is 0.599. The second kappa shape index (κ2) is 6.16. The summed E-state index contributed by atoms with van der Waals surface area (Å²) in [4.78, 5) is 22.6. The molecule has 0 heterocycles. The van der Waals surface area contributed by atoms with Gasteiger partial charge in [-0.2, -0.15) is 0 Å². The van der Waals surface area contributed by atoms with Crippen LogP contribution in [0.1, 0.15) is 37.0 Å². The molecule has 4 N–H and O–H groups in total. The smallest absolute Gasteiger partial charge is 0.335 e. The van der Waals surface area contributed by atoms with Crippen LogP contribution in [0.4, 0.5) is 5.69 Å². The molecule has 1 amide bonds. The van der Waals surface area contributed by atoms with Crippen LogP contribution in [0.3, 0.4) is 0 Å². The van der Waals surface area contributed by atoms with Crippen LogP contribution in [0.5, 0.6) is 0 Å². The fraction of sp³-hybridized carbons (Fsp3) is 0.385. The minimum atomic E-state index is -1.04. The fourth-order valence-corrected chi connectivity index (χ4v) is 1.94. The van der Waals surface area contributed by atoms with Gasteiger partial charge in [0, 0.05) is 22.1 Å². The van der Waals surface area contributed by atoms with Gasteiger partial charge in [-0.15, -0.1) is 0 Å². The average molecular weight is 329 g/mol. The number of hydrogen-bond acceptors (Lipinski definition) is 3. The second-order valence-electron chi connectivity index (χ2n) is 5.07. The maximum Gasteiger partial charge on any atom is 0.335 e. The monoisotopic (exact) mass is 328 g/mol. The van der Waals surface area contributed by atoms with E-state index in [1.165, 1.54) is 12.1 Å². The van der Waals surface area contributed by atoms with Gasteiger partial charge in [0.2, 0.25) is 5.91 Å². The average Bonchev–Trinajstić information content (AvgIpc) is 2.24. The van der Waals surface area contributed by atoms with Crippen LogP contribution >= 0.6 is 15.9 Å². The Bertz CT molecular complexity index is 495. The zero-order chi connectivity index (χ0) is 14.6. The zero-order valence-corrected chi connectivity index (χ0v) is 12.5. The Labute approximate surface area is 120 Å². The van der Waals surface area contributed by atoms with E-state index in [-0.39, 0.29) is 11.5 Å². The fourth-order valence-electron chi connectivity index (χ4n) is 1.44. The number of carboxylic acid groups (broad SMARTS) is 1. The number of halogens is 1. The number of benzene rings is 1. The van der Waals surface area contributed by atoms with Gasteiger partial charge < -0.3 is 16.2 Å². The van der Waals surface area contributed by atoms with Crippen LogP contribution in [0.25, 0.3) is 0 Å². The molecule has 6 heteroatoms. The molecule has 0 unspecified atom stereocenters. The van der Waals surface area contributed by atoms with Gasteiger partial charge in [-0.25, -0.2) is 4.79 Å². The van der Waals surface area contributed by atoms with E-state index in [0.717, 1.165) is 0 Å². The van der Waals surface area contributed by atoms with Crippen LogP contribution < -0.4 is 11.1 Å². The molecule has 1 aromatic carbocycles. The van der Waals surface area contributed by atoms with Crippen molar-refractivity contribution in [1.82, 2.24) is 0 Å². The highest BCUT2D eigenvalue weighted by Gasteiger charge is 2.14. The largest absolute Gasteiger partial charge is 0.478 e. The summed E-state index contributed by atoms with van der Waals surface area (Å²) in [5.41, 5.74) is 5.96. The molecule has 0 saturated heterocycles. The first-order valence-corrected chi connectivity index (χ1v) is 6.59. The SMILES string of the molecule is CC(C)(N)CCC(=O)Nc1cc(Br)cc(C(=O)O)c1. The summed E-state index contributed by atoms with van der Waals surface area (Å²) in [5.74, 6) is -1.23. The Hall–Kier alpha value is -1.40. The Balaban J connectivity index is 2.71. The lowest BCUT2D eigenvalue weighted by molar-refractivity contribution is -0.116. The summed E-state index contributed by atoms with van der Waals surface area (Å²) in [5, 5.41) is 11.6. The maximum atomic E-state index is 11.7. The molecule has 0 aromatic heterocycles.